The maximum atomic E-state index is 13.2. The lowest BCUT2D eigenvalue weighted by Gasteiger charge is -2.59. The van der Waals surface area contributed by atoms with Crippen molar-refractivity contribution in [1.82, 2.24) is 14.8 Å². The monoisotopic (exact) mass is 570 g/mol. The number of aliphatic hydroxyl groups is 1. The van der Waals surface area contributed by atoms with Crippen molar-refractivity contribution in [3.63, 3.8) is 0 Å². The van der Waals surface area contributed by atoms with Gasteiger partial charge in [-0.1, -0.05) is 19.4 Å². The van der Waals surface area contributed by atoms with Gasteiger partial charge in [0.2, 0.25) is 0 Å². The van der Waals surface area contributed by atoms with E-state index in [1.165, 1.54) is 5.57 Å². The SMILES string of the molecule is Cc1cc(-n2nc(CC#N)c3c2C=C2CC[C@@H]4[C@H]([C@@H](O)C[C@]5(C)[C@H](C(=O)OOC(=O)C6CC6)CC[C@@H]45)[C@@]2(C)C3)ccn1. The molecule has 0 bridgehead atoms. The molecule has 9 heteroatoms. The molecule has 0 spiro atoms. The number of carbonyl (C=O) groups excluding carboxylic acids is 2. The van der Waals surface area contributed by atoms with Gasteiger partial charge in [0.05, 0.1) is 47.5 Å². The predicted molar refractivity (Wildman–Crippen MR) is 151 cm³/mol. The normalized spacial score (nSPS) is 34.6. The van der Waals surface area contributed by atoms with Crippen molar-refractivity contribution in [2.24, 2.45) is 40.4 Å². The molecule has 5 aliphatic rings. The van der Waals surface area contributed by atoms with Crippen LogP contribution in [-0.4, -0.2) is 37.9 Å². The molecular formula is C33H38N4O5. The highest BCUT2D eigenvalue weighted by Gasteiger charge is 2.64. The maximum absolute atomic E-state index is 13.2. The Kier molecular flexibility index (Phi) is 6.36. The fourth-order valence-electron chi connectivity index (χ4n) is 9.32. The van der Waals surface area contributed by atoms with E-state index in [0.29, 0.717) is 12.8 Å². The third-order valence-corrected chi connectivity index (χ3v) is 11.4. The minimum atomic E-state index is -0.591. The molecule has 220 valence electrons. The molecule has 0 aromatic carbocycles. The van der Waals surface area contributed by atoms with E-state index >= 15 is 0 Å². The summed E-state index contributed by atoms with van der Waals surface area (Å²) in [4.78, 5) is 39.5. The number of aryl methyl sites for hydroxylation is 1. The van der Waals surface area contributed by atoms with Crippen LogP contribution >= 0.6 is 0 Å². The summed E-state index contributed by atoms with van der Waals surface area (Å²) in [7, 11) is 0. The Bertz CT molecular complexity index is 1540. The molecule has 7 rings (SSSR count). The van der Waals surface area contributed by atoms with Gasteiger partial charge in [-0.15, -0.1) is 0 Å². The number of aliphatic hydroxyl groups excluding tert-OH is 1. The van der Waals surface area contributed by atoms with Gasteiger partial charge in [-0.05, 0) is 105 Å². The molecule has 5 aliphatic carbocycles. The van der Waals surface area contributed by atoms with Crippen LogP contribution in [0.4, 0.5) is 0 Å². The number of pyridine rings is 1. The molecule has 4 saturated carbocycles. The van der Waals surface area contributed by atoms with Gasteiger partial charge >= 0.3 is 11.9 Å². The Morgan fingerprint density at radius 1 is 1.17 bits per heavy atom. The van der Waals surface area contributed by atoms with E-state index in [0.717, 1.165) is 66.9 Å². The van der Waals surface area contributed by atoms with Gasteiger partial charge in [0.25, 0.3) is 0 Å². The number of rotatable bonds is 4. The van der Waals surface area contributed by atoms with Crippen LogP contribution in [0.1, 0.15) is 81.4 Å². The summed E-state index contributed by atoms with van der Waals surface area (Å²) in [5.74, 6) is -0.928. The summed E-state index contributed by atoms with van der Waals surface area (Å²) < 4.78 is 1.95. The first kappa shape index (κ1) is 27.3. The van der Waals surface area contributed by atoms with Gasteiger partial charge < -0.3 is 5.11 Å². The van der Waals surface area contributed by atoms with E-state index in [9.17, 15) is 20.0 Å². The summed E-state index contributed by atoms with van der Waals surface area (Å²) in [6.45, 7) is 6.36. The maximum Gasteiger partial charge on any atom is 0.359 e. The van der Waals surface area contributed by atoms with Gasteiger partial charge in [0, 0.05) is 17.5 Å². The van der Waals surface area contributed by atoms with Gasteiger partial charge in [-0.3, -0.25) is 4.98 Å². The Balaban J connectivity index is 1.19. The van der Waals surface area contributed by atoms with E-state index in [2.05, 4.69) is 31.0 Å². The zero-order valence-corrected chi connectivity index (χ0v) is 24.5. The first-order chi connectivity index (χ1) is 20.1. The Hall–Kier alpha value is -3.51. The first-order valence-electron chi connectivity index (χ1n) is 15.4. The number of nitrogens with zero attached hydrogens (tertiary/aromatic N) is 4. The second-order valence-electron chi connectivity index (χ2n) is 13.8. The van der Waals surface area contributed by atoms with Crippen LogP contribution in [0, 0.1) is 58.7 Å². The number of allylic oxidation sites excluding steroid dienone is 1. The number of aromatic nitrogens is 3. The summed E-state index contributed by atoms with van der Waals surface area (Å²) >= 11 is 0. The van der Waals surface area contributed by atoms with E-state index in [1.807, 2.05) is 23.7 Å². The number of fused-ring (bicyclic) bond motifs is 6. The quantitative estimate of drug-likeness (QED) is 0.409. The average Bonchev–Trinajstić information content (AvgIpc) is 3.67. The van der Waals surface area contributed by atoms with Crippen molar-refractivity contribution >= 4 is 18.0 Å². The molecule has 0 radical (unpaired) electrons. The van der Waals surface area contributed by atoms with Crippen LogP contribution in [0.5, 0.6) is 0 Å². The molecule has 42 heavy (non-hydrogen) atoms. The Morgan fingerprint density at radius 2 is 1.95 bits per heavy atom. The van der Waals surface area contributed by atoms with Crippen LogP contribution < -0.4 is 0 Å². The standard InChI is InChI=1S/C33H38N4O5/c1-18-14-21(11-13-35-18)37-27-15-20-6-7-22-24-8-9-25(31(40)42-41-30(39)19-4-5-19)33(24,3)17-28(38)29(22)32(20,2)16-23(27)26(36-37)10-12-34/h11,13-15,19,22,24-25,28-29,38H,4-10,16-17H2,1-3H3/t22-,24-,25-,28-,29+,32-,33-/m0/s1. The zero-order chi connectivity index (χ0) is 29.4. The highest BCUT2D eigenvalue weighted by molar-refractivity contribution is 5.78. The molecule has 9 nitrogen and oxygen atoms in total. The second kappa shape index (κ2) is 9.77. The largest absolute Gasteiger partial charge is 0.393 e. The minimum absolute atomic E-state index is 0.0349. The Morgan fingerprint density at radius 3 is 2.69 bits per heavy atom. The van der Waals surface area contributed by atoms with E-state index in [-0.39, 0.29) is 35.5 Å². The average molecular weight is 571 g/mol. The van der Waals surface area contributed by atoms with Crippen molar-refractivity contribution in [2.45, 2.75) is 84.7 Å². The van der Waals surface area contributed by atoms with E-state index < -0.39 is 29.4 Å². The molecule has 0 saturated heterocycles. The van der Waals surface area contributed by atoms with Crippen LogP contribution in [-0.2, 0) is 32.2 Å². The van der Waals surface area contributed by atoms with Crippen molar-refractivity contribution in [1.29, 1.82) is 5.26 Å². The molecule has 0 amide bonds. The topological polar surface area (TPSA) is 127 Å². The summed E-state index contributed by atoms with van der Waals surface area (Å²) in [5.41, 5.74) is 5.37. The summed E-state index contributed by atoms with van der Waals surface area (Å²) in [5, 5.41) is 26.5. The predicted octanol–water partition coefficient (Wildman–Crippen LogP) is 4.82. The Labute approximate surface area is 245 Å². The first-order valence-corrected chi connectivity index (χ1v) is 15.4. The lowest BCUT2D eigenvalue weighted by Crippen LogP contribution is -2.57. The lowest BCUT2D eigenvalue weighted by molar-refractivity contribution is -0.266. The van der Waals surface area contributed by atoms with Crippen molar-refractivity contribution in [3.05, 3.63) is 46.5 Å². The highest BCUT2D eigenvalue weighted by Crippen LogP contribution is 2.67. The fourth-order valence-corrected chi connectivity index (χ4v) is 9.32. The van der Waals surface area contributed by atoms with Crippen molar-refractivity contribution < 1.29 is 24.5 Å². The molecule has 0 unspecified atom stereocenters. The van der Waals surface area contributed by atoms with Gasteiger partial charge in [-0.25, -0.2) is 24.0 Å². The van der Waals surface area contributed by atoms with Crippen LogP contribution in [0.25, 0.3) is 11.8 Å². The van der Waals surface area contributed by atoms with Crippen LogP contribution in [0.3, 0.4) is 0 Å². The molecular weight excluding hydrogens is 532 g/mol. The second-order valence-corrected chi connectivity index (χ2v) is 13.8. The van der Waals surface area contributed by atoms with E-state index in [4.69, 9.17) is 14.9 Å². The molecule has 2 aromatic rings. The number of carbonyl (C=O) groups is 2. The fraction of sp³-hybridized carbons (Fsp3) is 0.606. The van der Waals surface area contributed by atoms with Gasteiger partial charge in [-0.2, -0.15) is 10.4 Å². The molecule has 2 aromatic heterocycles. The minimum Gasteiger partial charge on any atom is -0.393 e. The number of nitriles is 1. The third kappa shape index (κ3) is 4.13. The molecule has 4 fully saturated rings. The molecule has 7 atom stereocenters. The van der Waals surface area contributed by atoms with Gasteiger partial charge in [0.1, 0.15) is 0 Å². The van der Waals surface area contributed by atoms with Crippen molar-refractivity contribution in [2.75, 3.05) is 0 Å². The summed E-state index contributed by atoms with van der Waals surface area (Å²) in [6, 6.07) is 6.25. The smallest absolute Gasteiger partial charge is 0.359 e. The lowest BCUT2D eigenvalue weighted by atomic mass is 9.46. The van der Waals surface area contributed by atoms with Crippen molar-refractivity contribution in [3.8, 4) is 11.8 Å². The molecule has 1 N–H and O–H groups in total. The summed E-state index contributed by atoms with van der Waals surface area (Å²) in [6.07, 6.45) is 9.91. The number of hydrogen-bond donors (Lipinski definition) is 1. The zero-order valence-electron chi connectivity index (χ0n) is 24.5. The molecule has 2 heterocycles. The van der Waals surface area contributed by atoms with Crippen LogP contribution in [0.15, 0.2) is 23.9 Å². The number of hydrogen-bond acceptors (Lipinski definition) is 8. The van der Waals surface area contributed by atoms with E-state index in [1.54, 1.807) is 6.20 Å². The highest BCUT2D eigenvalue weighted by atomic mass is 17.2. The van der Waals surface area contributed by atoms with Gasteiger partial charge in [0.15, 0.2) is 0 Å². The third-order valence-electron chi connectivity index (χ3n) is 11.4. The van der Waals surface area contributed by atoms with Crippen LogP contribution in [0.2, 0.25) is 0 Å². The molecule has 0 aliphatic heterocycles.